The lowest BCUT2D eigenvalue weighted by atomic mass is 9.86. The highest BCUT2D eigenvalue weighted by atomic mass is 16.5. The molecule has 29 rings (SSSR count). The van der Waals surface area contributed by atoms with Crippen LogP contribution >= 0.6 is 0 Å². The molecule has 0 amide bonds. The summed E-state index contributed by atoms with van der Waals surface area (Å²) >= 11 is 0. The van der Waals surface area contributed by atoms with Gasteiger partial charge in [-0.3, -0.25) is 0 Å². The molecule has 640 valence electrons. The summed E-state index contributed by atoms with van der Waals surface area (Å²) in [5, 5.41) is 60.0. The van der Waals surface area contributed by atoms with Crippen LogP contribution in [0.15, 0.2) is 455 Å². The number of nitriles is 3. The van der Waals surface area contributed by atoms with Crippen LogP contribution in [0.3, 0.4) is 0 Å². The minimum Gasteiger partial charge on any atom is -0.456 e. The zero-order valence-corrected chi connectivity index (χ0v) is 74.9. The second kappa shape index (κ2) is 32.1. The Bertz CT molecular complexity index is 9970. The van der Waals surface area contributed by atoms with E-state index in [1.54, 1.807) is 0 Å². The summed E-state index contributed by atoms with van der Waals surface area (Å²) in [6.07, 6.45) is 0. The molecule has 0 radical (unpaired) electrons. The number of hydrogen-bond donors (Lipinski definition) is 0. The number of benzene rings is 26. The van der Waals surface area contributed by atoms with Gasteiger partial charge in [-0.1, -0.05) is 352 Å². The predicted molar refractivity (Wildman–Crippen MR) is 576 cm³/mol. The third-order valence-electron chi connectivity index (χ3n) is 28.9. The van der Waals surface area contributed by atoms with Crippen molar-refractivity contribution in [3.8, 4) is 164 Å². The average molecular weight is 1760 g/mol. The Balaban J connectivity index is 0.000000105. The largest absolute Gasteiger partial charge is 0.456 e. The van der Waals surface area contributed by atoms with E-state index in [9.17, 15) is 15.8 Å². The van der Waals surface area contributed by atoms with Crippen LogP contribution in [0.4, 0.5) is 0 Å². The smallest absolute Gasteiger partial charge is 0.136 e. The van der Waals surface area contributed by atoms with Crippen LogP contribution in [0, 0.1) is 34.0 Å². The summed E-state index contributed by atoms with van der Waals surface area (Å²) < 4.78 is 19.1. The van der Waals surface area contributed by atoms with Crippen LogP contribution < -0.4 is 14.2 Å². The van der Waals surface area contributed by atoms with Crippen molar-refractivity contribution in [2.75, 3.05) is 0 Å². The third-order valence-corrected chi connectivity index (χ3v) is 28.9. The Morgan fingerprint density at radius 3 is 0.799 bits per heavy atom. The number of rotatable bonds is 7. The first-order valence-electron chi connectivity index (χ1n) is 47.0. The van der Waals surface area contributed by atoms with Crippen molar-refractivity contribution in [2.24, 2.45) is 0 Å². The van der Waals surface area contributed by atoms with Crippen LogP contribution in [-0.4, -0.2) is 0 Å². The van der Waals surface area contributed by atoms with Gasteiger partial charge in [0.25, 0.3) is 0 Å². The molecule has 0 bridgehead atoms. The van der Waals surface area contributed by atoms with Crippen molar-refractivity contribution < 1.29 is 14.2 Å². The van der Waals surface area contributed by atoms with E-state index in [-0.39, 0.29) is 0 Å². The van der Waals surface area contributed by atoms with Gasteiger partial charge in [-0.05, 0) is 305 Å². The second-order valence-electron chi connectivity index (χ2n) is 36.3. The van der Waals surface area contributed by atoms with Gasteiger partial charge >= 0.3 is 0 Å². The molecule has 0 atom stereocenters. The van der Waals surface area contributed by atoms with Gasteiger partial charge in [0.2, 0.25) is 0 Å². The van der Waals surface area contributed by atoms with E-state index in [1.165, 1.54) is 158 Å². The number of fused-ring (bicyclic) bond motifs is 22. The van der Waals surface area contributed by atoms with Gasteiger partial charge in [0.15, 0.2) is 0 Å². The van der Waals surface area contributed by atoms with Crippen LogP contribution in [0.2, 0.25) is 0 Å². The molecule has 3 heterocycles. The standard InChI is InChI=1S/C47H27NO.C45H25NO.C41H23NO/c48-28-33-22-24-46-47-34(33)15-8-16-39(47)44-25-32(21-23-45(44)49-46)29-17-19-31(20-18-29)41-27-43-37-13-6-4-11-35(37)40(30-9-2-1-3-10-30)26-42(43)38-14-7-5-12-36(38)41;46-26-29-20-22-44-45-31(29)16-8-18-37(45)42-23-28(19-21-43(42)47-44)38-24-40-36-15-6-5-14-35(36)39(25-41(40)34-13-4-3-12-33(34)38)32-17-7-10-27-9-1-2-11-30(27)32;42-24-29-18-21-40-41-31(29)10-5-11-35(41)38-22-28(17-20-39(38)43-40)25-12-14-27(15-13-25)36-23-37-30-7-2-1-6-26(30)16-19-34(37)32-8-3-4-9-33(32)36/h1-27H;1-25H;1-23H. The normalized spacial score (nSPS) is 11.9. The molecule has 0 fully saturated rings. The van der Waals surface area contributed by atoms with Gasteiger partial charge in [-0.15, -0.1) is 0 Å². The molecule has 0 spiro atoms. The van der Waals surface area contributed by atoms with Gasteiger partial charge in [0.1, 0.15) is 34.5 Å². The zero-order valence-electron chi connectivity index (χ0n) is 74.9. The Labute approximate surface area is 800 Å². The van der Waals surface area contributed by atoms with E-state index in [0.29, 0.717) is 16.7 Å². The minimum atomic E-state index is 0.657. The SMILES string of the molecule is N#Cc1ccc2c3c(cccc13)-c1cc(-c3cc4c5ccccc5c(-c5cccc6ccccc56)cc4c4ccccc34)ccc1O2.N#Cc1ccc2c3c(cccc13)-c1cc(-c3ccc(-c4cc5c6ccccc6c(-c6ccccc6)cc5c5ccccc45)cc3)ccc1O2.N#Cc1ccc2c3c(cccc13)-c1cc(-c3ccc(-c4cc5c6ccccc6ccc5c5ccccc45)cc3)ccc1O2. The Morgan fingerprint density at radius 2 is 0.388 bits per heavy atom. The first-order chi connectivity index (χ1) is 68.8. The van der Waals surface area contributed by atoms with E-state index < -0.39 is 0 Å². The minimum absolute atomic E-state index is 0.657. The lowest BCUT2D eigenvalue weighted by molar-refractivity contribution is 0.487. The van der Waals surface area contributed by atoms with Crippen molar-refractivity contribution in [1.29, 1.82) is 15.8 Å². The topological polar surface area (TPSA) is 99.1 Å². The molecular weight excluding hydrogens is 1690 g/mol. The molecule has 3 aliphatic heterocycles. The Kier molecular flexibility index (Phi) is 18.4. The highest BCUT2D eigenvalue weighted by Crippen LogP contribution is 2.55. The molecule has 26 aromatic rings. The summed E-state index contributed by atoms with van der Waals surface area (Å²) in [4.78, 5) is 0. The van der Waals surface area contributed by atoms with Crippen molar-refractivity contribution in [3.05, 3.63) is 472 Å². The quantitative estimate of drug-likeness (QED) is 0.147. The van der Waals surface area contributed by atoms with Crippen LogP contribution in [0.1, 0.15) is 16.7 Å². The van der Waals surface area contributed by atoms with Crippen molar-refractivity contribution >= 4 is 140 Å². The third kappa shape index (κ3) is 12.9. The lowest BCUT2D eigenvalue weighted by Crippen LogP contribution is -1.98. The fourth-order valence-electron chi connectivity index (χ4n) is 22.4. The summed E-state index contributed by atoms with van der Waals surface area (Å²) in [5.74, 6) is 4.87. The van der Waals surface area contributed by atoms with Gasteiger partial charge in [0, 0.05) is 49.0 Å². The molecule has 0 saturated heterocycles. The average Bonchev–Trinajstić information content (AvgIpc) is 0.722. The molecule has 0 N–H and O–H groups in total. The summed E-state index contributed by atoms with van der Waals surface area (Å²) in [6, 6.07) is 169. The predicted octanol–water partition coefficient (Wildman–Crippen LogP) is 36.7. The highest BCUT2D eigenvalue weighted by molar-refractivity contribution is 6.28. The van der Waals surface area contributed by atoms with E-state index in [1.807, 2.05) is 72.8 Å². The second-order valence-corrected chi connectivity index (χ2v) is 36.3. The van der Waals surface area contributed by atoms with Gasteiger partial charge < -0.3 is 14.2 Å². The van der Waals surface area contributed by atoms with Crippen LogP contribution in [-0.2, 0) is 0 Å². The Hall–Kier alpha value is -19.0. The maximum absolute atomic E-state index is 9.80. The molecule has 6 nitrogen and oxygen atoms in total. The Morgan fingerprint density at radius 1 is 0.129 bits per heavy atom. The number of nitrogens with zero attached hydrogens (tertiary/aromatic N) is 3. The molecule has 6 heteroatoms. The van der Waals surface area contributed by atoms with Crippen LogP contribution in [0.5, 0.6) is 34.5 Å². The fraction of sp³-hybridized carbons (Fsp3) is 0. The van der Waals surface area contributed by atoms with Crippen molar-refractivity contribution in [3.63, 3.8) is 0 Å². The molecule has 3 aliphatic rings. The maximum atomic E-state index is 9.80. The van der Waals surface area contributed by atoms with Crippen molar-refractivity contribution in [1.82, 2.24) is 0 Å². The van der Waals surface area contributed by atoms with Crippen LogP contribution in [0.25, 0.3) is 251 Å². The van der Waals surface area contributed by atoms with Gasteiger partial charge in [0.05, 0.1) is 34.9 Å². The van der Waals surface area contributed by atoms with E-state index in [4.69, 9.17) is 14.2 Å². The monoisotopic (exact) mass is 1760 g/mol. The molecule has 0 aromatic heterocycles. The molecule has 26 aromatic carbocycles. The van der Waals surface area contributed by atoms with Crippen molar-refractivity contribution in [2.45, 2.75) is 0 Å². The molecular formula is C133H75N3O3. The summed E-state index contributed by atoms with van der Waals surface area (Å²) in [7, 11) is 0. The maximum Gasteiger partial charge on any atom is 0.136 e. The van der Waals surface area contributed by atoms with E-state index in [0.717, 1.165) is 128 Å². The fourth-order valence-corrected chi connectivity index (χ4v) is 22.4. The van der Waals surface area contributed by atoms with E-state index in [2.05, 4.69) is 400 Å². The zero-order chi connectivity index (χ0) is 92.0. The highest BCUT2D eigenvalue weighted by Gasteiger charge is 2.29. The molecule has 0 saturated carbocycles. The van der Waals surface area contributed by atoms with Gasteiger partial charge in [-0.2, -0.15) is 15.8 Å². The first kappa shape index (κ1) is 79.7. The number of ether oxygens (including phenoxy) is 3. The molecule has 0 aliphatic carbocycles. The first-order valence-corrected chi connectivity index (χ1v) is 47.0. The molecule has 139 heavy (non-hydrogen) atoms. The summed E-state index contributed by atoms with van der Waals surface area (Å²) in [6.45, 7) is 0. The molecule has 0 unspecified atom stereocenters. The van der Waals surface area contributed by atoms with E-state index >= 15 is 0 Å². The lowest BCUT2D eigenvalue weighted by Gasteiger charge is -2.23. The summed E-state index contributed by atoms with van der Waals surface area (Å²) in [5.41, 5.74) is 25.0. The number of hydrogen-bond acceptors (Lipinski definition) is 6. The van der Waals surface area contributed by atoms with Gasteiger partial charge in [-0.25, -0.2) is 0 Å².